The average Bonchev–Trinajstić information content (AvgIpc) is 2.74. The first-order valence-electron chi connectivity index (χ1n) is 10.6. The van der Waals surface area contributed by atoms with Gasteiger partial charge in [0.25, 0.3) is 5.91 Å². The monoisotopic (exact) mass is 396 g/mol. The van der Waals surface area contributed by atoms with Crippen LogP contribution in [0, 0.1) is 11.7 Å². The van der Waals surface area contributed by atoms with Gasteiger partial charge in [-0.25, -0.2) is 4.39 Å². The van der Waals surface area contributed by atoms with E-state index in [2.05, 4.69) is 11.8 Å². The zero-order valence-electron chi connectivity index (χ0n) is 17.0. The molecule has 2 aliphatic rings. The molecule has 0 aromatic heterocycles. The van der Waals surface area contributed by atoms with Crippen LogP contribution in [0.2, 0.25) is 0 Å². The van der Waals surface area contributed by atoms with Gasteiger partial charge in [-0.3, -0.25) is 4.79 Å². The average molecular weight is 397 g/mol. The fourth-order valence-electron chi connectivity index (χ4n) is 4.41. The van der Waals surface area contributed by atoms with E-state index in [1.807, 2.05) is 18.2 Å². The minimum atomic E-state index is -0.536. The number of aryl methyl sites for hydroxylation is 1. The molecule has 0 saturated carbocycles. The Morgan fingerprint density at radius 1 is 1.17 bits per heavy atom. The van der Waals surface area contributed by atoms with E-state index in [1.165, 1.54) is 25.0 Å². The number of likely N-dealkylation sites (tertiary alicyclic amines) is 1. The number of fused-ring (bicyclic) bond motifs is 1. The molecular weight excluding hydrogens is 367 g/mol. The summed E-state index contributed by atoms with van der Waals surface area (Å²) in [4.78, 5) is 16.9. The van der Waals surface area contributed by atoms with E-state index in [0.29, 0.717) is 13.1 Å². The van der Waals surface area contributed by atoms with E-state index in [1.54, 1.807) is 17.0 Å². The Bertz CT molecular complexity index is 877. The zero-order valence-corrected chi connectivity index (χ0v) is 17.0. The maximum absolute atomic E-state index is 14.1. The number of hydrogen-bond donors (Lipinski definition) is 1. The first kappa shape index (κ1) is 20.0. The van der Waals surface area contributed by atoms with Gasteiger partial charge in [0.15, 0.2) is 0 Å². The minimum Gasteiger partial charge on any atom is -0.387 e. The molecule has 2 aromatic carbocycles. The first-order chi connectivity index (χ1) is 14.0. The summed E-state index contributed by atoms with van der Waals surface area (Å²) in [5.74, 6) is -0.0302. The summed E-state index contributed by atoms with van der Waals surface area (Å²) in [6.45, 7) is 5.57. The lowest BCUT2D eigenvalue weighted by Gasteiger charge is -2.33. The van der Waals surface area contributed by atoms with E-state index < -0.39 is 11.9 Å². The molecule has 1 unspecified atom stereocenters. The SMILES string of the molecule is CC1CCN(CC(O)c2ccc3c(c2)CCCN3C(=O)c2ccccc2F)CC1. The van der Waals surface area contributed by atoms with Gasteiger partial charge in [0.05, 0.1) is 11.7 Å². The van der Waals surface area contributed by atoms with Crippen molar-refractivity contribution < 1.29 is 14.3 Å². The van der Waals surface area contributed by atoms with Crippen LogP contribution < -0.4 is 4.90 Å². The van der Waals surface area contributed by atoms with Crippen LogP contribution in [-0.2, 0) is 6.42 Å². The molecule has 5 heteroatoms. The number of aliphatic hydroxyl groups excluding tert-OH is 1. The summed E-state index contributed by atoms with van der Waals surface area (Å²) in [6.07, 6.45) is 3.52. The van der Waals surface area contributed by atoms with Crippen LogP contribution in [0.1, 0.15) is 53.8 Å². The lowest BCUT2D eigenvalue weighted by Crippen LogP contribution is -2.37. The number of benzene rings is 2. The third kappa shape index (κ3) is 4.36. The Labute approximate surface area is 171 Å². The second-order valence-corrected chi connectivity index (χ2v) is 8.43. The van der Waals surface area contributed by atoms with Gasteiger partial charge in [-0.15, -0.1) is 0 Å². The van der Waals surface area contributed by atoms with E-state index >= 15 is 0 Å². The summed E-state index contributed by atoms with van der Waals surface area (Å²) in [7, 11) is 0. The molecule has 1 saturated heterocycles. The molecule has 2 aromatic rings. The molecule has 0 spiro atoms. The Kier molecular flexibility index (Phi) is 5.97. The first-order valence-corrected chi connectivity index (χ1v) is 10.6. The van der Waals surface area contributed by atoms with Gasteiger partial charge >= 0.3 is 0 Å². The molecule has 2 heterocycles. The van der Waals surface area contributed by atoms with Crippen LogP contribution in [0.3, 0.4) is 0 Å². The molecule has 1 atom stereocenters. The van der Waals surface area contributed by atoms with Gasteiger partial charge in [-0.1, -0.05) is 31.2 Å². The molecule has 0 radical (unpaired) electrons. The number of halogens is 1. The second kappa shape index (κ2) is 8.64. The smallest absolute Gasteiger partial charge is 0.261 e. The van der Waals surface area contributed by atoms with Crippen molar-refractivity contribution in [3.05, 3.63) is 65.0 Å². The van der Waals surface area contributed by atoms with Crippen molar-refractivity contribution in [1.29, 1.82) is 0 Å². The number of hydrogen-bond acceptors (Lipinski definition) is 3. The zero-order chi connectivity index (χ0) is 20.4. The molecule has 4 rings (SSSR count). The molecule has 1 N–H and O–H groups in total. The molecule has 1 amide bonds. The number of rotatable bonds is 4. The Morgan fingerprint density at radius 2 is 1.93 bits per heavy atom. The van der Waals surface area contributed by atoms with Crippen LogP contribution in [0.4, 0.5) is 10.1 Å². The molecule has 29 heavy (non-hydrogen) atoms. The van der Waals surface area contributed by atoms with Crippen LogP contribution in [0.15, 0.2) is 42.5 Å². The number of amides is 1. The van der Waals surface area contributed by atoms with E-state index in [0.717, 1.165) is 48.7 Å². The molecule has 0 aliphatic carbocycles. The number of carbonyl (C=O) groups is 1. The summed E-state index contributed by atoms with van der Waals surface area (Å²) < 4.78 is 14.1. The van der Waals surface area contributed by atoms with Crippen LogP contribution in [0.25, 0.3) is 0 Å². The Hall–Kier alpha value is -2.24. The van der Waals surface area contributed by atoms with Gasteiger partial charge < -0.3 is 14.9 Å². The predicted molar refractivity (Wildman–Crippen MR) is 113 cm³/mol. The van der Waals surface area contributed by atoms with Crippen molar-refractivity contribution in [3.8, 4) is 0 Å². The lowest BCUT2D eigenvalue weighted by molar-refractivity contribution is 0.0915. The second-order valence-electron chi connectivity index (χ2n) is 8.43. The largest absolute Gasteiger partial charge is 0.387 e. The number of aliphatic hydroxyl groups is 1. The van der Waals surface area contributed by atoms with E-state index in [-0.39, 0.29) is 11.5 Å². The number of anilines is 1. The highest BCUT2D eigenvalue weighted by Gasteiger charge is 2.26. The quantitative estimate of drug-likeness (QED) is 0.843. The molecule has 2 aliphatic heterocycles. The van der Waals surface area contributed by atoms with Crippen molar-refractivity contribution in [2.45, 2.75) is 38.7 Å². The minimum absolute atomic E-state index is 0.101. The van der Waals surface area contributed by atoms with E-state index in [4.69, 9.17) is 0 Å². The number of nitrogens with zero attached hydrogens (tertiary/aromatic N) is 2. The Morgan fingerprint density at radius 3 is 2.69 bits per heavy atom. The van der Waals surface area contributed by atoms with Crippen molar-refractivity contribution in [3.63, 3.8) is 0 Å². The molecule has 0 bridgehead atoms. The maximum atomic E-state index is 14.1. The van der Waals surface area contributed by atoms with Gasteiger partial charge in [-0.2, -0.15) is 0 Å². The van der Waals surface area contributed by atoms with Crippen LogP contribution in [-0.4, -0.2) is 42.1 Å². The third-order valence-electron chi connectivity index (χ3n) is 6.26. The van der Waals surface area contributed by atoms with E-state index in [9.17, 15) is 14.3 Å². The van der Waals surface area contributed by atoms with Crippen LogP contribution in [0.5, 0.6) is 0 Å². The molecule has 4 nitrogen and oxygen atoms in total. The highest BCUT2D eigenvalue weighted by Crippen LogP contribution is 2.32. The highest BCUT2D eigenvalue weighted by molar-refractivity contribution is 6.06. The lowest BCUT2D eigenvalue weighted by atomic mass is 9.95. The van der Waals surface area contributed by atoms with Crippen molar-refractivity contribution >= 4 is 11.6 Å². The van der Waals surface area contributed by atoms with Gasteiger partial charge in [-0.05, 0) is 74.0 Å². The number of piperidine rings is 1. The van der Waals surface area contributed by atoms with Gasteiger partial charge in [0, 0.05) is 18.8 Å². The predicted octanol–water partition coefficient (Wildman–Crippen LogP) is 4.18. The molecular formula is C24H29FN2O2. The molecule has 154 valence electrons. The number of carbonyl (C=O) groups excluding carboxylic acids is 1. The highest BCUT2D eigenvalue weighted by atomic mass is 19.1. The summed E-state index contributed by atoms with van der Waals surface area (Å²) >= 11 is 0. The summed E-state index contributed by atoms with van der Waals surface area (Å²) in [5.41, 5.74) is 2.86. The number of β-amino-alcohol motifs (C(OH)–C–C–N with tert-alkyl or cyclic N) is 1. The van der Waals surface area contributed by atoms with Gasteiger partial charge in [0.2, 0.25) is 0 Å². The van der Waals surface area contributed by atoms with Crippen LogP contribution >= 0.6 is 0 Å². The third-order valence-corrected chi connectivity index (χ3v) is 6.26. The topological polar surface area (TPSA) is 43.8 Å². The Balaban J connectivity index is 1.51. The molecule has 1 fully saturated rings. The normalized spacial score (nSPS) is 19.1. The fourth-order valence-corrected chi connectivity index (χ4v) is 4.41. The van der Waals surface area contributed by atoms with Gasteiger partial charge in [0.1, 0.15) is 5.82 Å². The van der Waals surface area contributed by atoms with Crippen molar-refractivity contribution in [2.24, 2.45) is 5.92 Å². The summed E-state index contributed by atoms with van der Waals surface area (Å²) in [6, 6.07) is 12.0. The summed E-state index contributed by atoms with van der Waals surface area (Å²) in [5, 5.41) is 10.8. The standard InChI is InChI=1S/C24H29FN2O2/c1-17-10-13-26(14-11-17)16-23(28)19-8-9-22-18(15-19)5-4-12-27(22)24(29)20-6-2-3-7-21(20)25/h2-3,6-9,15,17,23,28H,4-5,10-14,16H2,1H3. The maximum Gasteiger partial charge on any atom is 0.261 e. The van der Waals surface area contributed by atoms with Crippen molar-refractivity contribution in [2.75, 3.05) is 31.1 Å². The van der Waals surface area contributed by atoms with Crippen molar-refractivity contribution in [1.82, 2.24) is 4.90 Å². The fraction of sp³-hybridized carbons (Fsp3) is 0.458.